The average molecular weight is 464 g/mol. The lowest BCUT2D eigenvalue weighted by Gasteiger charge is -2.13. The van der Waals surface area contributed by atoms with E-state index in [1.165, 1.54) is 4.88 Å². The second-order valence-corrected chi connectivity index (χ2v) is 9.48. The Morgan fingerprint density at radius 2 is 1.79 bits per heavy atom. The summed E-state index contributed by atoms with van der Waals surface area (Å²) < 4.78 is 7.37. The second-order valence-electron chi connectivity index (χ2n) is 8.40. The first-order valence-electron chi connectivity index (χ1n) is 11.2. The zero-order valence-electron chi connectivity index (χ0n) is 18.1. The van der Waals surface area contributed by atoms with Crippen molar-refractivity contribution >= 4 is 34.8 Å². The number of para-hydroxylation sites is 1. The molecule has 7 nitrogen and oxygen atoms in total. The molecule has 5 rings (SSSR count). The molecule has 2 aliphatic rings. The van der Waals surface area contributed by atoms with Crippen LogP contribution in [0.4, 0.5) is 5.69 Å². The summed E-state index contributed by atoms with van der Waals surface area (Å²) in [4.78, 5) is 39.3. The van der Waals surface area contributed by atoms with Crippen molar-refractivity contribution < 1.29 is 19.1 Å². The number of thiophene rings is 1. The molecule has 0 spiro atoms. The first-order valence-corrected chi connectivity index (χ1v) is 12.1. The van der Waals surface area contributed by atoms with E-state index in [1.807, 2.05) is 29.1 Å². The first-order chi connectivity index (χ1) is 16.1. The predicted octanol–water partition coefficient (Wildman–Crippen LogP) is 4.11. The standard InChI is InChI=1S/C25H25N3O4S/c29-21(27-19-9-3-1-7-17(19)23(30)26-16-11-12-16)15-32-25(31)22-18-8-2-4-10-20(18)33-24(22)28-13-5-6-14-28/h1,3,5-7,9,13-14,16H,2,4,8,10-12,15H2,(H,26,30)(H,27,29). The number of amides is 2. The molecule has 0 saturated heterocycles. The van der Waals surface area contributed by atoms with Gasteiger partial charge in [-0.15, -0.1) is 11.3 Å². The van der Waals surface area contributed by atoms with Gasteiger partial charge in [0, 0.05) is 23.3 Å². The number of nitrogens with zero attached hydrogens (tertiary/aromatic N) is 1. The summed E-state index contributed by atoms with van der Waals surface area (Å²) >= 11 is 1.62. The minimum absolute atomic E-state index is 0.216. The number of esters is 1. The summed E-state index contributed by atoms with van der Waals surface area (Å²) in [5.74, 6) is -1.19. The summed E-state index contributed by atoms with van der Waals surface area (Å²) in [5.41, 5.74) is 2.40. The van der Waals surface area contributed by atoms with Crippen molar-refractivity contribution in [3.63, 3.8) is 0 Å². The molecule has 0 unspecified atom stereocenters. The lowest BCUT2D eigenvalue weighted by Crippen LogP contribution is -2.28. The van der Waals surface area contributed by atoms with Gasteiger partial charge in [0.15, 0.2) is 6.61 Å². The Balaban J connectivity index is 1.28. The van der Waals surface area contributed by atoms with Crippen LogP contribution >= 0.6 is 11.3 Å². The topological polar surface area (TPSA) is 89.4 Å². The Hall–Kier alpha value is -3.39. The number of carbonyl (C=O) groups is 3. The van der Waals surface area contributed by atoms with Gasteiger partial charge < -0.3 is 19.9 Å². The quantitative estimate of drug-likeness (QED) is 0.516. The van der Waals surface area contributed by atoms with Gasteiger partial charge in [-0.2, -0.15) is 0 Å². The molecule has 2 heterocycles. The number of hydrogen-bond donors (Lipinski definition) is 2. The molecule has 1 fully saturated rings. The molecule has 2 aromatic heterocycles. The van der Waals surface area contributed by atoms with Crippen molar-refractivity contribution in [2.75, 3.05) is 11.9 Å². The highest BCUT2D eigenvalue weighted by Crippen LogP contribution is 2.37. The second kappa shape index (κ2) is 9.23. The Bertz CT molecular complexity index is 1190. The number of aromatic nitrogens is 1. The average Bonchev–Trinajstić information content (AvgIpc) is 3.32. The summed E-state index contributed by atoms with van der Waals surface area (Å²) in [6.07, 6.45) is 9.73. The number of anilines is 1. The van der Waals surface area contributed by atoms with Crippen LogP contribution in [0.25, 0.3) is 5.00 Å². The first kappa shape index (κ1) is 21.5. The van der Waals surface area contributed by atoms with Crippen molar-refractivity contribution in [2.45, 2.75) is 44.6 Å². The third-order valence-corrected chi connectivity index (χ3v) is 7.19. The highest BCUT2D eigenvalue weighted by atomic mass is 32.1. The van der Waals surface area contributed by atoms with E-state index in [0.29, 0.717) is 16.8 Å². The van der Waals surface area contributed by atoms with Crippen LogP contribution in [0.1, 0.15) is 56.8 Å². The van der Waals surface area contributed by atoms with Crippen LogP contribution in [0.5, 0.6) is 0 Å². The summed E-state index contributed by atoms with van der Waals surface area (Å²) in [6, 6.07) is 10.9. The number of benzene rings is 1. The number of nitrogens with one attached hydrogen (secondary N) is 2. The van der Waals surface area contributed by atoms with E-state index in [4.69, 9.17) is 4.74 Å². The van der Waals surface area contributed by atoms with Crippen LogP contribution < -0.4 is 10.6 Å². The van der Waals surface area contributed by atoms with Crippen LogP contribution in [0.3, 0.4) is 0 Å². The maximum atomic E-state index is 13.1. The van der Waals surface area contributed by atoms with Crippen LogP contribution in [0.15, 0.2) is 48.8 Å². The minimum Gasteiger partial charge on any atom is -0.452 e. The fourth-order valence-electron chi connectivity index (χ4n) is 4.08. The summed E-state index contributed by atoms with van der Waals surface area (Å²) in [7, 11) is 0. The number of carbonyl (C=O) groups excluding carboxylic acids is 3. The number of aryl methyl sites for hydroxylation is 1. The third kappa shape index (κ3) is 4.71. The van der Waals surface area contributed by atoms with Gasteiger partial charge in [-0.1, -0.05) is 12.1 Å². The van der Waals surface area contributed by atoms with E-state index in [1.54, 1.807) is 35.6 Å². The van der Waals surface area contributed by atoms with Crippen molar-refractivity contribution in [2.24, 2.45) is 0 Å². The van der Waals surface area contributed by atoms with Crippen molar-refractivity contribution in [1.82, 2.24) is 9.88 Å². The smallest absolute Gasteiger partial charge is 0.341 e. The van der Waals surface area contributed by atoms with Gasteiger partial charge in [-0.25, -0.2) is 4.79 Å². The Morgan fingerprint density at radius 3 is 2.58 bits per heavy atom. The fourth-order valence-corrected chi connectivity index (χ4v) is 5.43. The van der Waals surface area contributed by atoms with Gasteiger partial charge in [-0.05, 0) is 68.4 Å². The molecular formula is C25H25N3O4S. The number of fused-ring (bicyclic) bond motifs is 1. The number of ether oxygens (including phenoxy) is 1. The maximum Gasteiger partial charge on any atom is 0.341 e. The molecule has 2 aliphatic carbocycles. The van der Waals surface area contributed by atoms with Gasteiger partial charge in [-0.3, -0.25) is 9.59 Å². The van der Waals surface area contributed by atoms with Gasteiger partial charge in [0.2, 0.25) is 0 Å². The van der Waals surface area contributed by atoms with Crippen LogP contribution in [-0.2, 0) is 22.4 Å². The Morgan fingerprint density at radius 1 is 1.03 bits per heavy atom. The third-order valence-electron chi connectivity index (χ3n) is 5.89. The monoisotopic (exact) mass is 463 g/mol. The molecule has 1 aromatic carbocycles. The van der Waals surface area contributed by atoms with Gasteiger partial charge in [0.25, 0.3) is 11.8 Å². The zero-order chi connectivity index (χ0) is 22.8. The van der Waals surface area contributed by atoms with Crippen LogP contribution in [0, 0.1) is 0 Å². The van der Waals surface area contributed by atoms with Gasteiger partial charge >= 0.3 is 5.97 Å². The van der Waals surface area contributed by atoms with Crippen molar-refractivity contribution in [3.8, 4) is 5.00 Å². The van der Waals surface area contributed by atoms with Gasteiger partial charge in [0.1, 0.15) is 5.00 Å². The van der Waals surface area contributed by atoms with E-state index in [2.05, 4.69) is 10.6 Å². The molecule has 0 atom stereocenters. The number of hydrogen-bond acceptors (Lipinski definition) is 5. The lowest BCUT2D eigenvalue weighted by atomic mass is 9.95. The Kier molecular flexibility index (Phi) is 6.00. The molecule has 2 N–H and O–H groups in total. The number of rotatable bonds is 7. The van der Waals surface area contributed by atoms with E-state index in [9.17, 15) is 14.4 Å². The molecule has 0 radical (unpaired) electrons. The fraction of sp³-hybridized carbons (Fsp3) is 0.320. The highest BCUT2D eigenvalue weighted by molar-refractivity contribution is 7.15. The van der Waals surface area contributed by atoms with Crippen molar-refractivity contribution in [3.05, 3.63) is 70.4 Å². The summed E-state index contributed by atoms with van der Waals surface area (Å²) in [5, 5.41) is 6.47. The maximum absolute atomic E-state index is 13.1. The van der Waals surface area contributed by atoms with E-state index < -0.39 is 18.5 Å². The SMILES string of the molecule is O=C(COC(=O)c1c(-n2cccc2)sc2c1CCCC2)Nc1ccccc1C(=O)NC1CC1. The molecule has 1 saturated carbocycles. The molecule has 8 heteroatoms. The van der Waals surface area contributed by atoms with Crippen LogP contribution in [0.2, 0.25) is 0 Å². The lowest BCUT2D eigenvalue weighted by molar-refractivity contribution is -0.119. The van der Waals surface area contributed by atoms with Gasteiger partial charge in [0.05, 0.1) is 16.8 Å². The molecule has 2 amide bonds. The van der Waals surface area contributed by atoms with E-state index in [0.717, 1.165) is 49.1 Å². The summed E-state index contributed by atoms with van der Waals surface area (Å²) in [6.45, 7) is -0.423. The molecule has 33 heavy (non-hydrogen) atoms. The van der Waals surface area contributed by atoms with E-state index >= 15 is 0 Å². The van der Waals surface area contributed by atoms with E-state index in [-0.39, 0.29) is 11.9 Å². The molecule has 170 valence electrons. The largest absolute Gasteiger partial charge is 0.452 e. The Labute approximate surface area is 195 Å². The normalized spacial score (nSPS) is 14.9. The molecule has 0 bridgehead atoms. The minimum atomic E-state index is -0.493. The van der Waals surface area contributed by atoms with Crippen LogP contribution in [-0.4, -0.2) is 35.0 Å². The predicted molar refractivity (Wildman–Crippen MR) is 126 cm³/mol. The molecular weight excluding hydrogens is 438 g/mol. The zero-order valence-corrected chi connectivity index (χ0v) is 19.0. The van der Waals surface area contributed by atoms with Crippen molar-refractivity contribution in [1.29, 1.82) is 0 Å². The molecule has 3 aromatic rings. The highest BCUT2D eigenvalue weighted by Gasteiger charge is 2.28. The molecule has 0 aliphatic heterocycles.